The molecule has 1 unspecified atom stereocenters. The molecule has 8 nitrogen and oxygen atoms in total. The number of ether oxygens (including phenoxy) is 1. The van der Waals surface area contributed by atoms with E-state index in [4.69, 9.17) is 15.6 Å². The molecule has 4 N–H and O–H groups in total. The quantitative estimate of drug-likeness (QED) is 0.627. The van der Waals surface area contributed by atoms with Crippen molar-refractivity contribution in [3.63, 3.8) is 0 Å². The van der Waals surface area contributed by atoms with Gasteiger partial charge >= 0.3 is 5.97 Å². The lowest BCUT2D eigenvalue weighted by atomic mass is 10.2. The van der Waals surface area contributed by atoms with Crippen LogP contribution in [0.15, 0.2) is 0 Å². The third-order valence-electron chi connectivity index (χ3n) is 2.69. The molecule has 0 aliphatic carbocycles. The Bertz CT molecular complexity index is 483. The van der Waals surface area contributed by atoms with Crippen molar-refractivity contribution in [2.24, 2.45) is 12.8 Å². The molecule has 1 rings (SSSR count). The molecule has 0 spiro atoms. The number of hydrogen-bond acceptors (Lipinski definition) is 5. The molecule has 1 aromatic rings. The molecule has 0 radical (unpaired) electrons. The summed E-state index contributed by atoms with van der Waals surface area (Å²) in [6.07, 6.45) is 0.258. The minimum absolute atomic E-state index is 0.200. The maximum absolute atomic E-state index is 11.4. The number of amides is 1. The summed E-state index contributed by atoms with van der Waals surface area (Å²) in [5.74, 6) is -1.39. The van der Waals surface area contributed by atoms with Crippen LogP contribution in [0.25, 0.3) is 0 Å². The first-order chi connectivity index (χ1) is 8.88. The fraction of sp³-hybridized carbons (Fsp3) is 0.545. The highest BCUT2D eigenvalue weighted by Gasteiger charge is 2.24. The van der Waals surface area contributed by atoms with Gasteiger partial charge in [-0.05, 0) is 6.92 Å². The van der Waals surface area contributed by atoms with Crippen molar-refractivity contribution < 1.29 is 19.4 Å². The standard InChI is InChI=1S/C11H18N4O4/c1-6-8(9(12)16)10(15(2)14-6)13-7(11(17)18)4-5-19-3/h7,13H,4-5H2,1-3H3,(H2,12,16)(H,17,18). The highest BCUT2D eigenvalue weighted by molar-refractivity contribution is 5.99. The van der Waals surface area contributed by atoms with E-state index in [1.54, 1.807) is 14.0 Å². The number of carboxylic acid groups (broad SMARTS) is 1. The number of nitrogens with two attached hydrogens (primary N) is 1. The number of methoxy groups -OCH3 is 1. The van der Waals surface area contributed by atoms with Gasteiger partial charge in [-0.15, -0.1) is 0 Å². The molecular formula is C11H18N4O4. The first-order valence-electron chi connectivity index (χ1n) is 5.70. The molecule has 19 heavy (non-hydrogen) atoms. The lowest BCUT2D eigenvalue weighted by molar-refractivity contribution is -0.138. The maximum atomic E-state index is 11.4. The first kappa shape index (κ1) is 15.0. The highest BCUT2D eigenvalue weighted by atomic mass is 16.5. The van der Waals surface area contributed by atoms with E-state index in [9.17, 15) is 9.59 Å². The largest absolute Gasteiger partial charge is 0.480 e. The van der Waals surface area contributed by atoms with E-state index in [1.165, 1.54) is 11.8 Å². The molecule has 106 valence electrons. The first-order valence-corrected chi connectivity index (χ1v) is 5.70. The Labute approximate surface area is 110 Å². The molecule has 1 atom stereocenters. The zero-order chi connectivity index (χ0) is 14.6. The third-order valence-corrected chi connectivity index (χ3v) is 2.69. The number of carbonyl (C=O) groups is 2. The van der Waals surface area contributed by atoms with Crippen LogP contribution in [-0.2, 0) is 16.6 Å². The number of aryl methyl sites for hydroxylation is 2. The van der Waals surface area contributed by atoms with Crippen LogP contribution in [0.2, 0.25) is 0 Å². The molecule has 1 heterocycles. The summed E-state index contributed by atoms with van der Waals surface area (Å²) in [7, 11) is 3.10. The van der Waals surface area contributed by atoms with E-state index in [1.807, 2.05) is 0 Å². The Balaban J connectivity index is 3.02. The van der Waals surface area contributed by atoms with Gasteiger partial charge in [-0.25, -0.2) is 4.79 Å². The number of aliphatic carboxylic acids is 1. The van der Waals surface area contributed by atoms with Crippen LogP contribution >= 0.6 is 0 Å². The van der Waals surface area contributed by atoms with Gasteiger partial charge in [-0.3, -0.25) is 9.48 Å². The number of carboxylic acids is 1. The van der Waals surface area contributed by atoms with E-state index in [0.29, 0.717) is 11.5 Å². The zero-order valence-electron chi connectivity index (χ0n) is 11.1. The Hall–Kier alpha value is -2.09. The van der Waals surface area contributed by atoms with Crippen LogP contribution < -0.4 is 11.1 Å². The summed E-state index contributed by atoms with van der Waals surface area (Å²) in [6, 6.07) is -0.882. The molecular weight excluding hydrogens is 252 g/mol. The second-order valence-corrected chi connectivity index (χ2v) is 4.11. The van der Waals surface area contributed by atoms with Gasteiger partial charge in [-0.1, -0.05) is 0 Å². The van der Waals surface area contributed by atoms with Crippen molar-refractivity contribution in [1.82, 2.24) is 9.78 Å². The SMILES string of the molecule is COCCC(Nc1c(C(N)=O)c(C)nn1C)C(=O)O. The fourth-order valence-corrected chi connectivity index (χ4v) is 1.78. The molecule has 0 aliphatic heterocycles. The predicted molar refractivity (Wildman–Crippen MR) is 68.0 cm³/mol. The lowest BCUT2D eigenvalue weighted by Crippen LogP contribution is -2.32. The topological polar surface area (TPSA) is 119 Å². The second-order valence-electron chi connectivity index (χ2n) is 4.11. The summed E-state index contributed by atoms with van der Waals surface area (Å²) in [4.78, 5) is 22.5. The highest BCUT2D eigenvalue weighted by Crippen LogP contribution is 2.19. The molecule has 0 bridgehead atoms. The third kappa shape index (κ3) is 3.44. The van der Waals surface area contributed by atoms with Crippen LogP contribution in [0.3, 0.4) is 0 Å². The number of rotatable bonds is 7. The van der Waals surface area contributed by atoms with Gasteiger partial charge in [0.1, 0.15) is 17.4 Å². The fourth-order valence-electron chi connectivity index (χ4n) is 1.78. The Kier molecular flexibility index (Phi) is 4.87. The molecule has 0 fully saturated rings. The average Bonchev–Trinajstić information content (AvgIpc) is 2.58. The van der Waals surface area contributed by atoms with Crippen LogP contribution in [-0.4, -0.2) is 46.5 Å². The average molecular weight is 270 g/mol. The van der Waals surface area contributed by atoms with E-state index in [0.717, 1.165) is 0 Å². The lowest BCUT2D eigenvalue weighted by Gasteiger charge is -2.16. The molecule has 8 heteroatoms. The van der Waals surface area contributed by atoms with Crippen molar-refractivity contribution in [3.05, 3.63) is 11.3 Å². The van der Waals surface area contributed by atoms with Crippen molar-refractivity contribution in [2.75, 3.05) is 19.0 Å². The molecule has 1 amide bonds. The summed E-state index contributed by atoms with van der Waals surface area (Å²) >= 11 is 0. The summed E-state index contributed by atoms with van der Waals surface area (Å²) < 4.78 is 6.26. The Morgan fingerprint density at radius 3 is 2.68 bits per heavy atom. The normalized spacial score (nSPS) is 12.2. The molecule has 0 aromatic carbocycles. The molecule has 1 aromatic heterocycles. The zero-order valence-corrected chi connectivity index (χ0v) is 11.1. The molecule has 0 aliphatic rings. The van der Waals surface area contributed by atoms with Gasteiger partial charge < -0.3 is 20.9 Å². The van der Waals surface area contributed by atoms with Gasteiger partial charge in [0, 0.05) is 27.2 Å². The van der Waals surface area contributed by atoms with Crippen molar-refractivity contribution in [2.45, 2.75) is 19.4 Å². The maximum Gasteiger partial charge on any atom is 0.326 e. The van der Waals surface area contributed by atoms with E-state index < -0.39 is 17.9 Å². The number of nitrogens with zero attached hydrogens (tertiary/aromatic N) is 2. The number of anilines is 1. The van der Waals surface area contributed by atoms with Crippen LogP contribution in [0.1, 0.15) is 22.5 Å². The second kappa shape index (κ2) is 6.19. The summed E-state index contributed by atoms with van der Waals surface area (Å²) in [5.41, 5.74) is 5.93. The number of aromatic nitrogens is 2. The minimum atomic E-state index is -1.04. The van der Waals surface area contributed by atoms with Crippen molar-refractivity contribution >= 4 is 17.7 Å². The summed E-state index contributed by atoms with van der Waals surface area (Å²) in [6.45, 7) is 1.92. The van der Waals surface area contributed by atoms with Gasteiger partial charge in [0.15, 0.2) is 0 Å². The smallest absolute Gasteiger partial charge is 0.326 e. The van der Waals surface area contributed by atoms with Crippen LogP contribution in [0, 0.1) is 6.92 Å². The van der Waals surface area contributed by atoms with Gasteiger partial charge in [0.2, 0.25) is 0 Å². The Morgan fingerprint density at radius 2 is 2.21 bits per heavy atom. The molecule has 0 saturated heterocycles. The van der Waals surface area contributed by atoms with Gasteiger partial charge in [0.25, 0.3) is 5.91 Å². The van der Waals surface area contributed by atoms with Crippen molar-refractivity contribution in [1.29, 1.82) is 0 Å². The van der Waals surface area contributed by atoms with Crippen LogP contribution in [0.5, 0.6) is 0 Å². The van der Waals surface area contributed by atoms with E-state index in [-0.39, 0.29) is 18.6 Å². The van der Waals surface area contributed by atoms with E-state index >= 15 is 0 Å². The number of primary amides is 1. The van der Waals surface area contributed by atoms with Crippen LogP contribution in [0.4, 0.5) is 5.82 Å². The summed E-state index contributed by atoms with van der Waals surface area (Å²) in [5, 5.41) is 16.0. The molecule has 0 saturated carbocycles. The minimum Gasteiger partial charge on any atom is -0.480 e. The number of nitrogens with one attached hydrogen (secondary N) is 1. The van der Waals surface area contributed by atoms with E-state index in [2.05, 4.69) is 10.4 Å². The number of hydrogen-bond donors (Lipinski definition) is 3. The van der Waals surface area contributed by atoms with Gasteiger partial charge in [-0.2, -0.15) is 5.10 Å². The number of carbonyl (C=O) groups excluding carboxylic acids is 1. The monoisotopic (exact) mass is 270 g/mol. The Morgan fingerprint density at radius 1 is 1.58 bits per heavy atom. The predicted octanol–water partition coefficient (Wildman–Crippen LogP) is -0.271. The van der Waals surface area contributed by atoms with Crippen molar-refractivity contribution in [3.8, 4) is 0 Å². The van der Waals surface area contributed by atoms with Gasteiger partial charge in [0.05, 0.1) is 5.69 Å².